The van der Waals surface area contributed by atoms with Crippen LogP contribution in [0.15, 0.2) is 42.5 Å². The van der Waals surface area contributed by atoms with Gasteiger partial charge in [-0.15, -0.1) is 0 Å². The number of carbonyl (C=O) groups is 4. The Kier molecular flexibility index (Phi) is 7.32. The lowest BCUT2D eigenvalue weighted by Crippen LogP contribution is -2.45. The molecular formula is C24H26N2O7. The van der Waals surface area contributed by atoms with Gasteiger partial charge in [0, 0.05) is 13.5 Å². The third-order valence-corrected chi connectivity index (χ3v) is 5.54. The number of imide groups is 1. The van der Waals surface area contributed by atoms with Crippen LogP contribution in [-0.4, -0.2) is 62.5 Å². The Morgan fingerprint density at radius 3 is 2.24 bits per heavy atom. The van der Waals surface area contributed by atoms with Crippen LogP contribution in [-0.2, 0) is 25.5 Å². The lowest BCUT2D eigenvalue weighted by molar-refractivity contribution is -0.136. The molecule has 9 nitrogen and oxygen atoms in total. The second-order valence-corrected chi connectivity index (χ2v) is 7.48. The highest BCUT2D eigenvalue weighted by molar-refractivity contribution is 6.23. The quantitative estimate of drug-likeness (QED) is 0.445. The first-order chi connectivity index (χ1) is 15.8. The smallest absolute Gasteiger partial charge is 0.337 e. The summed E-state index contributed by atoms with van der Waals surface area (Å²) < 4.78 is 15.2. The van der Waals surface area contributed by atoms with E-state index in [1.807, 2.05) is 12.1 Å². The number of hydrogen-bond donors (Lipinski definition) is 0. The first-order valence-electron chi connectivity index (χ1n) is 10.3. The topological polar surface area (TPSA) is 102 Å². The van der Waals surface area contributed by atoms with E-state index in [2.05, 4.69) is 4.74 Å². The number of methoxy groups -OCH3 is 3. The maximum Gasteiger partial charge on any atom is 0.337 e. The summed E-state index contributed by atoms with van der Waals surface area (Å²) in [6.07, 6.45) is 0.356. The van der Waals surface area contributed by atoms with E-state index in [0.29, 0.717) is 29.2 Å². The Morgan fingerprint density at radius 2 is 1.67 bits per heavy atom. The Morgan fingerprint density at radius 1 is 1.00 bits per heavy atom. The molecule has 2 aromatic carbocycles. The summed E-state index contributed by atoms with van der Waals surface area (Å²) in [6.45, 7) is 1.63. The van der Waals surface area contributed by atoms with E-state index in [9.17, 15) is 19.2 Å². The van der Waals surface area contributed by atoms with E-state index in [1.165, 1.54) is 43.2 Å². The van der Waals surface area contributed by atoms with Crippen LogP contribution in [0.5, 0.6) is 11.5 Å². The van der Waals surface area contributed by atoms with Crippen molar-refractivity contribution in [2.75, 3.05) is 32.8 Å². The molecule has 2 aromatic rings. The molecule has 174 valence electrons. The number of esters is 1. The van der Waals surface area contributed by atoms with E-state index in [-0.39, 0.29) is 18.9 Å². The fourth-order valence-electron chi connectivity index (χ4n) is 3.81. The molecular weight excluding hydrogens is 428 g/mol. The predicted molar refractivity (Wildman–Crippen MR) is 119 cm³/mol. The zero-order chi connectivity index (χ0) is 24.1. The summed E-state index contributed by atoms with van der Waals surface area (Å²) in [5, 5.41) is 0. The van der Waals surface area contributed by atoms with Crippen LogP contribution in [0, 0.1) is 0 Å². The number of ether oxygens (including phenoxy) is 3. The van der Waals surface area contributed by atoms with Crippen LogP contribution >= 0.6 is 0 Å². The summed E-state index contributed by atoms with van der Waals surface area (Å²) >= 11 is 0. The molecule has 9 heteroatoms. The summed E-state index contributed by atoms with van der Waals surface area (Å²) in [7, 11) is 4.36. The van der Waals surface area contributed by atoms with E-state index in [1.54, 1.807) is 20.3 Å². The van der Waals surface area contributed by atoms with E-state index < -0.39 is 23.8 Å². The minimum absolute atomic E-state index is 0.108. The van der Waals surface area contributed by atoms with Gasteiger partial charge >= 0.3 is 5.97 Å². The lowest BCUT2D eigenvalue weighted by atomic mass is 10.1. The largest absolute Gasteiger partial charge is 0.493 e. The predicted octanol–water partition coefficient (Wildman–Crippen LogP) is 2.21. The maximum atomic E-state index is 13.1. The zero-order valence-corrected chi connectivity index (χ0v) is 19.0. The van der Waals surface area contributed by atoms with Gasteiger partial charge in [0.15, 0.2) is 11.5 Å². The van der Waals surface area contributed by atoms with Crippen LogP contribution in [0.3, 0.4) is 0 Å². The van der Waals surface area contributed by atoms with Crippen molar-refractivity contribution < 1.29 is 33.4 Å². The molecule has 1 atom stereocenters. The minimum Gasteiger partial charge on any atom is -0.493 e. The van der Waals surface area contributed by atoms with Crippen molar-refractivity contribution in [2.45, 2.75) is 25.8 Å². The molecule has 0 spiro atoms. The molecule has 0 aromatic heterocycles. The number of anilines is 1. The second kappa shape index (κ2) is 10.2. The minimum atomic E-state index is -0.893. The van der Waals surface area contributed by atoms with Crippen LogP contribution in [0.4, 0.5) is 5.69 Å². The van der Waals surface area contributed by atoms with Crippen molar-refractivity contribution in [3.05, 3.63) is 53.6 Å². The molecule has 1 saturated heterocycles. The Bertz CT molecular complexity index is 1060. The van der Waals surface area contributed by atoms with Gasteiger partial charge in [-0.3, -0.25) is 14.4 Å². The van der Waals surface area contributed by atoms with Crippen LogP contribution in [0.2, 0.25) is 0 Å². The second-order valence-electron chi connectivity index (χ2n) is 7.48. The maximum absolute atomic E-state index is 13.1. The fourth-order valence-corrected chi connectivity index (χ4v) is 3.81. The van der Waals surface area contributed by atoms with Gasteiger partial charge in [0.2, 0.25) is 11.8 Å². The number of hydrogen-bond acceptors (Lipinski definition) is 7. The van der Waals surface area contributed by atoms with Gasteiger partial charge in [-0.25, -0.2) is 9.69 Å². The van der Waals surface area contributed by atoms with Crippen LogP contribution in [0.1, 0.15) is 29.3 Å². The van der Waals surface area contributed by atoms with Gasteiger partial charge in [0.1, 0.15) is 6.04 Å². The molecule has 0 saturated carbocycles. The highest BCUT2D eigenvalue weighted by Gasteiger charge is 2.43. The molecule has 1 aliphatic heterocycles. The van der Waals surface area contributed by atoms with Crippen molar-refractivity contribution in [1.29, 1.82) is 0 Å². The van der Waals surface area contributed by atoms with Crippen molar-refractivity contribution in [1.82, 2.24) is 4.90 Å². The van der Waals surface area contributed by atoms with Crippen molar-refractivity contribution >= 4 is 29.4 Å². The molecule has 0 N–H and O–H groups in total. The Hall–Kier alpha value is -3.88. The molecule has 1 heterocycles. The fraction of sp³-hybridized carbons (Fsp3) is 0.333. The third kappa shape index (κ3) is 4.97. The molecule has 3 amide bonds. The van der Waals surface area contributed by atoms with Gasteiger partial charge < -0.3 is 19.1 Å². The first-order valence-corrected chi connectivity index (χ1v) is 10.3. The van der Waals surface area contributed by atoms with E-state index in [0.717, 1.165) is 10.5 Å². The standard InChI is InChI=1S/C24H26N2O7/c1-15(27)25(12-11-16-5-10-20(31-2)21(13-16)32-3)19-14-22(28)26(23(19)29)18-8-6-17(7-9-18)24(30)33-4/h5-10,13,19H,11-12,14H2,1-4H3. The number of benzene rings is 2. The monoisotopic (exact) mass is 454 g/mol. The molecule has 33 heavy (non-hydrogen) atoms. The summed E-state index contributed by atoms with van der Waals surface area (Å²) in [5.74, 6) is -0.546. The third-order valence-electron chi connectivity index (χ3n) is 5.54. The molecule has 3 rings (SSSR count). The molecule has 0 bridgehead atoms. The summed E-state index contributed by atoms with van der Waals surface area (Å²) in [6, 6.07) is 10.5. The molecule has 0 radical (unpaired) electrons. The van der Waals surface area contributed by atoms with Crippen LogP contribution < -0.4 is 14.4 Å². The first kappa shape index (κ1) is 23.8. The Balaban J connectivity index is 1.76. The summed E-state index contributed by atoms with van der Waals surface area (Å²) in [5.41, 5.74) is 1.53. The summed E-state index contributed by atoms with van der Waals surface area (Å²) in [4.78, 5) is 52.3. The van der Waals surface area contributed by atoms with Crippen molar-refractivity contribution in [3.63, 3.8) is 0 Å². The zero-order valence-electron chi connectivity index (χ0n) is 19.0. The Labute approximate surface area is 191 Å². The SMILES string of the molecule is COC(=O)c1ccc(N2C(=O)CC(N(CCc3ccc(OC)c(OC)c3)C(C)=O)C2=O)cc1. The van der Waals surface area contributed by atoms with Gasteiger partial charge in [0.25, 0.3) is 5.91 Å². The van der Waals surface area contributed by atoms with Crippen LogP contribution in [0.25, 0.3) is 0 Å². The van der Waals surface area contributed by atoms with Gasteiger partial charge in [-0.2, -0.15) is 0 Å². The lowest BCUT2D eigenvalue weighted by Gasteiger charge is -2.26. The highest BCUT2D eigenvalue weighted by Crippen LogP contribution is 2.29. The molecule has 0 aliphatic carbocycles. The highest BCUT2D eigenvalue weighted by atomic mass is 16.5. The van der Waals surface area contributed by atoms with E-state index in [4.69, 9.17) is 9.47 Å². The average molecular weight is 454 g/mol. The number of nitrogens with zero attached hydrogens (tertiary/aromatic N) is 2. The molecule has 1 aliphatic rings. The number of amides is 3. The van der Waals surface area contributed by atoms with Crippen molar-refractivity contribution in [2.24, 2.45) is 0 Å². The van der Waals surface area contributed by atoms with Gasteiger partial charge in [0.05, 0.1) is 39.0 Å². The molecule has 1 unspecified atom stereocenters. The van der Waals surface area contributed by atoms with Gasteiger partial charge in [-0.05, 0) is 48.4 Å². The van der Waals surface area contributed by atoms with E-state index >= 15 is 0 Å². The molecule has 1 fully saturated rings. The normalized spacial score (nSPS) is 15.4. The van der Waals surface area contributed by atoms with Crippen molar-refractivity contribution in [3.8, 4) is 11.5 Å². The number of carbonyl (C=O) groups excluding carboxylic acids is 4. The average Bonchev–Trinajstić information content (AvgIpc) is 3.11. The number of rotatable bonds is 8. The van der Waals surface area contributed by atoms with Gasteiger partial charge in [-0.1, -0.05) is 6.07 Å².